The predicted molar refractivity (Wildman–Crippen MR) is 130 cm³/mol. The van der Waals surface area contributed by atoms with Crippen molar-refractivity contribution in [3.8, 4) is 5.75 Å². The molecule has 0 atom stereocenters. The number of hydrogen-bond acceptors (Lipinski definition) is 3. The zero-order valence-electron chi connectivity index (χ0n) is 18.4. The molecule has 0 radical (unpaired) electrons. The van der Waals surface area contributed by atoms with Crippen LogP contribution in [0, 0.1) is 0 Å². The second-order valence-corrected chi connectivity index (χ2v) is 8.56. The summed E-state index contributed by atoms with van der Waals surface area (Å²) in [5.74, 6) is 0.549. The van der Waals surface area contributed by atoms with E-state index in [1.54, 1.807) is 0 Å². The molecule has 166 valence electrons. The molecule has 3 nitrogen and oxygen atoms in total. The molecule has 0 saturated heterocycles. The van der Waals surface area contributed by atoms with Crippen molar-refractivity contribution < 1.29 is 4.74 Å². The zero-order chi connectivity index (χ0) is 21.6. The smallest absolute Gasteiger partial charge is 0.156 e. The fraction of sp³-hybridized carbons (Fsp3) is 0.520. The van der Waals surface area contributed by atoms with Gasteiger partial charge in [0.25, 0.3) is 0 Å². The largest absolute Gasteiger partial charge is 0.486 e. The lowest BCUT2D eigenvalue weighted by Gasteiger charge is -2.22. The molecule has 0 heterocycles. The molecule has 0 aliphatic heterocycles. The maximum atomic E-state index is 6.44. The van der Waals surface area contributed by atoms with E-state index in [4.69, 9.17) is 27.9 Å². The normalized spacial score (nSPS) is 11.2. The minimum atomic E-state index is 0.449. The number of nitrogens with one attached hydrogen (secondary N) is 1. The highest BCUT2D eigenvalue weighted by Crippen LogP contribution is 2.34. The highest BCUT2D eigenvalue weighted by atomic mass is 35.5. The molecule has 0 saturated carbocycles. The van der Waals surface area contributed by atoms with E-state index in [1.807, 2.05) is 42.5 Å². The lowest BCUT2D eigenvalue weighted by molar-refractivity contribution is 0.261. The molecular formula is C25H36Cl2N2O. The molecule has 0 bridgehead atoms. The van der Waals surface area contributed by atoms with Crippen LogP contribution in [-0.2, 0) is 13.2 Å². The monoisotopic (exact) mass is 450 g/mol. The number of nitrogens with zero attached hydrogens (tertiary/aromatic N) is 1. The van der Waals surface area contributed by atoms with Crippen molar-refractivity contribution in [1.29, 1.82) is 0 Å². The summed E-state index contributed by atoms with van der Waals surface area (Å²) in [7, 11) is 0. The van der Waals surface area contributed by atoms with Crippen LogP contribution in [0.4, 0.5) is 0 Å². The second-order valence-electron chi connectivity index (χ2n) is 7.74. The van der Waals surface area contributed by atoms with Crippen molar-refractivity contribution in [3.05, 3.63) is 63.6 Å². The third-order valence-electron chi connectivity index (χ3n) is 5.10. The molecule has 0 unspecified atom stereocenters. The zero-order valence-corrected chi connectivity index (χ0v) is 19.9. The number of ether oxygens (including phenoxy) is 1. The van der Waals surface area contributed by atoms with Gasteiger partial charge in [-0.3, -0.25) is 0 Å². The first-order chi connectivity index (χ1) is 14.6. The Bertz CT molecular complexity index is 693. The highest BCUT2D eigenvalue weighted by molar-refractivity contribution is 6.37. The van der Waals surface area contributed by atoms with E-state index in [0.29, 0.717) is 22.4 Å². The van der Waals surface area contributed by atoms with Crippen LogP contribution in [0.25, 0.3) is 0 Å². The molecular weight excluding hydrogens is 415 g/mol. The van der Waals surface area contributed by atoms with E-state index >= 15 is 0 Å². The Kier molecular flexibility index (Phi) is 12.2. The fourth-order valence-corrected chi connectivity index (χ4v) is 3.98. The Hall–Kier alpha value is -1.26. The lowest BCUT2D eigenvalue weighted by atomic mass is 10.2. The summed E-state index contributed by atoms with van der Waals surface area (Å²) in [6.07, 6.45) is 6.23. The van der Waals surface area contributed by atoms with Crippen molar-refractivity contribution in [2.75, 3.05) is 26.2 Å². The first kappa shape index (κ1) is 25.0. The average Bonchev–Trinajstić information content (AvgIpc) is 2.75. The number of halogens is 2. The topological polar surface area (TPSA) is 24.5 Å². The first-order valence-electron chi connectivity index (χ1n) is 11.2. The van der Waals surface area contributed by atoms with E-state index in [-0.39, 0.29) is 0 Å². The first-order valence-corrected chi connectivity index (χ1v) is 12.0. The van der Waals surface area contributed by atoms with E-state index in [2.05, 4.69) is 24.1 Å². The average molecular weight is 451 g/mol. The van der Waals surface area contributed by atoms with Crippen LogP contribution >= 0.6 is 23.2 Å². The van der Waals surface area contributed by atoms with Crippen LogP contribution in [0.1, 0.15) is 57.1 Å². The van der Waals surface area contributed by atoms with Crippen LogP contribution in [-0.4, -0.2) is 31.1 Å². The van der Waals surface area contributed by atoms with Gasteiger partial charge in [0, 0.05) is 6.54 Å². The van der Waals surface area contributed by atoms with Crippen molar-refractivity contribution in [2.45, 2.75) is 59.1 Å². The summed E-state index contributed by atoms with van der Waals surface area (Å²) >= 11 is 12.9. The van der Waals surface area contributed by atoms with Gasteiger partial charge in [0.15, 0.2) is 5.75 Å². The standard InChI is InChI=1S/C25H36Cl2N2O/c1-3-5-14-29(15-6-4-2)16-10-13-28-19-22-17-23(26)25(24(27)18-22)30-20-21-11-8-7-9-12-21/h7-9,11-12,17-18,28H,3-6,10,13-16,19-20H2,1-2H3. The Morgan fingerprint density at radius 1 is 0.833 bits per heavy atom. The van der Waals surface area contributed by atoms with E-state index in [9.17, 15) is 0 Å². The molecule has 0 spiro atoms. The number of hydrogen-bond donors (Lipinski definition) is 1. The summed E-state index contributed by atoms with van der Waals surface area (Å²) in [5.41, 5.74) is 2.16. The molecule has 0 aliphatic carbocycles. The summed E-state index contributed by atoms with van der Waals surface area (Å²) in [6, 6.07) is 13.9. The van der Waals surface area contributed by atoms with Crippen LogP contribution in [0.5, 0.6) is 5.75 Å². The van der Waals surface area contributed by atoms with Gasteiger partial charge >= 0.3 is 0 Å². The van der Waals surface area contributed by atoms with Crippen molar-refractivity contribution in [3.63, 3.8) is 0 Å². The number of benzene rings is 2. The lowest BCUT2D eigenvalue weighted by Crippen LogP contribution is -2.29. The van der Waals surface area contributed by atoms with Gasteiger partial charge in [-0.25, -0.2) is 0 Å². The van der Waals surface area contributed by atoms with E-state index in [0.717, 1.165) is 37.2 Å². The highest BCUT2D eigenvalue weighted by Gasteiger charge is 2.10. The molecule has 1 N–H and O–H groups in total. The SMILES string of the molecule is CCCCN(CCCC)CCCNCc1cc(Cl)c(OCc2ccccc2)c(Cl)c1. The molecule has 0 fully saturated rings. The minimum absolute atomic E-state index is 0.449. The summed E-state index contributed by atoms with van der Waals surface area (Å²) in [5, 5.41) is 4.63. The quantitative estimate of drug-likeness (QED) is 0.297. The summed E-state index contributed by atoms with van der Waals surface area (Å²) < 4.78 is 5.85. The summed E-state index contributed by atoms with van der Waals surface area (Å²) in [6.45, 7) is 10.3. The predicted octanol–water partition coefficient (Wildman–Crippen LogP) is 6.95. The molecule has 2 rings (SSSR count). The van der Waals surface area contributed by atoms with E-state index < -0.39 is 0 Å². The molecule has 0 amide bonds. The van der Waals surface area contributed by atoms with Crippen LogP contribution in [0.15, 0.2) is 42.5 Å². The van der Waals surface area contributed by atoms with Gasteiger partial charge < -0.3 is 15.0 Å². The van der Waals surface area contributed by atoms with Gasteiger partial charge in [0.1, 0.15) is 6.61 Å². The van der Waals surface area contributed by atoms with Crippen molar-refractivity contribution >= 4 is 23.2 Å². The van der Waals surface area contributed by atoms with Crippen LogP contribution in [0.2, 0.25) is 10.0 Å². The van der Waals surface area contributed by atoms with Crippen molar-refractivity contribution in [1.82, 2.24) is 10.2 Å². The Balaban J connectivity index is 1.76. The third kappa shape index (κ3) is 9.26. The van der Waals surface area contributed by atoms with Gasteiger partial charge in [0.05, 0.1) is 10.0 Å². The van der Waals surface area contributed by atoms with E-state index in [1.165, 1.54) is 38.8 Å². The molecule has 0 aliphatic rings. The van der Waals surface area contributed by atoms with Crippen LogP contribution < -0.4 is 10.1 Å². The number of unbranched alkanes of at least 4 members (excludes halogenated alkanes) is 2. The maximum Gasteiger partial charge on any atom is 0.156 e. The molecule has 2 aromatic rings. The molecule has 5 heteroatoms. The second kappa shape index (κ2) is 14.7. The van der Waals surface area contributed by atoms with Gasteiger partial charge in [-0.1, -0.05) is 80.2 Å². The summed E-state index contributed by atoms with van der Waals surface area (Å²) in [4.78, 5) is 2.60. The molecule has 30 heavy (non-hydrogen) atoms. The fourth-order valence-electron chi connectivity index (χ4n) is 3.34. The van der Waals surface area contributed by atoms with Gasteiger partial charge in [0.2, 0.25) is 0 Å². The molecule has 0 aromatic heterocycles. The number of rotatable bonds is 15. The molecule has 2 aromatic carbocycles. The van der Waals surface area contributed by atoms with Crippen molar-refractivity contribution in [2.24, 2.45) is 0 Å². The maximum absolute atomic E-state index is 6.44. The Labute approximate surface area is 192 Å². The van der Waals surface area contributed by atoms with Gasteiger partial charge in [-0.2, -0.15) is 0 Å². The van der Waals surface area contributed by atoms with Gasteiger partial charge in [-0.15, -0.1) is 0 Å². The minimum Gasteiger partial charge on any atom is -0.486 e. The van der Waals surface area contributed by atoms with Gasteiger partial charge in [-0.05, 0) is 68.7 Å². The third-order valence-corrected chi connectivity index (χ3v) is 5.66. The Morgan fingerprint density at radius 3 is 2.03 bits per heavy atom. The van der Waals surface area contributed by atoms with Crippen LogP contribution in [0.3, 0.4) is 0 Å². The Morgan fingerprint density at radius 2 is 1.43 bits per heavy atom.